The molecule has 1 saturated heterocycles. The summed E-state index contributed by atoms with van der Waals surface area (Å²) in [6.07, 6.45) is 1.21. The van der Waals surface area contributed by atoms with E-state index in [4.69, 9.17) is 14.2 Å². The maximum Gasteiger partial charge on any atom is 0.308 e. The standard InChI is InChI=1S/C21H32N2O6/c1-14(2)23(17-13-22-9-8-16(17)21(25)26)20(24)15-6-7-18(28-4)19(12-15)29-11-5-10-27-3/h6-7,12,14,16-17,22H,5,8-11,13H2,1-4H3,(H,25,26). The molecule has 1 heterocycles. The van der Waals surface area contributed by atoms with Crippen LogP contribution in [0.15, 0.2) is 18.2 Å². The van der Waals surface area contributed by atoms with Gasteiger partial charge in [0.2, 0.25) is 0 Å². The second-order valence-electron chi connectivity index (χ2n) is 7.37. The molecule has 2 N–H and O–H groups in total. The Bertz CT molecular complexity index is 694. The molecule has 2 atom stereocenters. The number of carboxylic acids is 1. The SMILES string of the molecule is COCCCOc1cc(C(=O)N(C(C)C)C2CNCCC2C(=O)O)ccc1OC. The highest BCUT2D eigenvalue weighted by atomic mass is 16.5. The van der Waals surface area contributed by atoms with Gasteiger partial charge in [-0.2, -0.15) is 0 Å². The molecule has 1 aliphatic heterocycles. The van der Waals surface area contributed by atoms with Crippen molar-refractivity contribution < 1.29 is 28.9 Å². The molecule has 2 rings (SSSR count). The smallest absolute Gasteiger partial charge is 0.308 e. The minimum absolute atomic E-state index is 0.151. The fourth-order valence-corrected chi connectivity index (χ4v) is 3.65. The van der Waals surface area contributed by atoms with Gasteiger partial charge in [-0.15, -0.1) is 0 Å². The summed E-state index contributed by atoms with van der Waals surface area (Å²) in [5.74, 6) is -0.658. The molecular formula is C21H32N2O6. The molecule has 0 saturated carbocycles. The first-order valence-electron chi connectivity index (χ1n) is 9.96. The number of piperidine rings is 1. The van der Waals surface area contributed by atoms with Gasteiger partial charge in [0.05, 0.1) is 25.7 Å². The summed E-state index contributed by atoms with van der Waals surface area (Å²) in [4.78, 5) is 26.8. The van der Waals surface area contributed by atoms with Gasteiger partial charge in [0.25, 0.3) is 5.91 Å². The van der Waals surface area contributed by atoms with E-state index in [0.29, 0.717) is 56.2 Å². The van der Waals surface area contributed by atoms with E-state index in [1.54, 1.807) is 37.3 Å². The van der Waals surface area contributed by atoms with Crippen molar-refractivity contribution in [2.75, 3.05) is 40.5 Å². The number of carbonyl (C=O) groups is 2. The normalized spacial score (nSPS) is 19.1. The predicted molar refractivity (Wildman–Crippen MR) is 109 cm³/mol. The van der Waals surface area contributed by atoms with Gasteiger partial charge in [-0.1, -0.05) is 0 Å². The Morgan fingerprint density at radius 1 is 1.24 bits per heavy atom. The van der Waals surface area contributed by atoms with E-state index in [2.05, 4.69) is 5.32 Å². The van der Waals surface area contributed by atoms with Crippen molar-refractivity contribution in [2.24, 2.45) is 5.92 Å². The van der Waals surface area contributed by atoms with E-state index in [9.17, 15) is 14.7 Å². The van der Waals surface area contributed by atoms with Gasteiger partial charge in [-0.25, -0.2) is 0 Å². The molecule has 0 aliphatic carbocycles. The molecule has 29 heavy (non-hydrogen) atoms. The molecule has 1 aromatic rings. The van der Waals surface area contributed by atoms with Crippen LogP contribution in [0.1, 0.15) is 37.0 Å². The van der Waals surface area contributed by atoms with Gasteiger partial charge in [0, 0.05) is 38.3 Å². The maximum absolute atomic E-state index is 13.4. The third kappa shape index (κ3) is 5.83. The van der Waals surface area contributed by atoms with Crippen LogP contribution < -0.4 is 14.8 Å². The molecule has 1 aromatic carbocycles. The number of hydrogen-bond donors (Lipinski definition) is 2. The number of nitrogens with zero attached hydrogens (tertiary/aromatic N) is 1. The maximum atomic E-state index is 13.4. The van der Waals surface area contributed by atoms with Crippen molar-refractivity contribution >= 4 is 11.9 Å². The Balaban J connectivity index is 2.27. The second kappa shape index (κ2) is 11.0. The lowest BCUT2D eigenvalue weighted by Crippen LogP contribution is -2.57. The largest absolute Gasteiger partial charge is 0.493 e. The van der Waals surface area contributed by atoms with Crippen LogP contribution in [0.4, 0.5) is 0 Å². The lowest BCUT2D eigenvalue weighted by molar-refractivity contribution is -0.145. The zero-order valence-electron chi connectivity index (χ0n) is 17.6. The number of amides is 1. The van der Waals surface area contributed by atoms with Crippen LogP contribution in [0.2, 0.25) is 0 Å². The van der Waals surface area contributed by atoms with E-state index in [1.165, 1.54) is 0 Å². The van der Waals surface area contributed by atoms with E-state index >= 15 is 0 Å². The molecular weight excluding hydrogens is 376 g/mol. The van der Waals surface area contributed by atoms with Gasteiger partial charge >= 0.3 is 5.97 Å². The van der Waals surface area contributed by atoms with Crippen molar-refractivity contribution in [1.29, 1.82) is 0 Å². The van der Waals surface area contributed by atoms with Crippen molar-refractivity contribution in [1.82, 2.24) is 10.2 Å². The summed E-state index contributed by atoms with van der Waals surface area (Å²) < 4.78 is 16.2. The summed E-state index contributed by atoms with van der Waals surface area (Å²) in [6, 6.07) is 4.48. The van der Waals surface area contributed by atoms with Gasteiger partial charge in [0.15, 0.2) is 11.5 Å². The van der Waals surface area contributed by atoms with E-state index in [1.807, 2.05) is 13.8 Å². The number of nitrogens with one attached hydrogen (secondary N) is 1. The zero-order chi connectivity index (χ0) is 21.4. The van der Waals surface area contributed by atoms with Gasteiger partial charge in [-0.3, -0.25) is 9.59 Å². The molecule has 8 nitrogen and oxygen atoms in total. The third-order valence-corrected chi connectivity index (χ3v) is 5.08. The molecule has 1 amide bonds. The number of hydrogen-bond acceptors (Lipinski definition) is 6. The van der Waals surface area contributed by atoms with Crippen LogP contribution >= 0.6 is 0 Å². The Morgan fingerprint density at radius 3 is 2.62 bits per heavy atom. The van der Waals surface area contributed by atoms with Crippen LogP contribution in [0.25, 0.3) is 0 Å². The van der Waals surface area contributed by atoms with Crippen LogP contribution in [0.5, 0.6) is 11.5 Å². The number of methoxy groups -OCH3 is 2. The number of rotatable bonds is 10. The minimum Gasteiger partial charge on any atom is -0.493 e. The first kappa shape index (κ1) is 23.0. The van der Waals surface area contributed by atoms with Crippen molar-refractivity contribution in [3.05, 3.63) is 23.8 Å². The number of carboxylic acid groups (broad SMARTS) is 1. The summed E-state index contributed by atoms with van der Waals surface area (Å²) in [5, 5.41) is 12.8. The molecule has 0 radical (unpaired) electrons. The lowest BCUT2D eigenvalue weighted by Gasteiger charge is -2.41. The van der Waals surface area contributed by atoms with Crippen molar-refractivity contribution in [2.45, 2.75) is 38.8 Å². The number of ether oxygens (including phenoxy) is 3. The predicted octanol–water partition coefficient (Wildman–Crippen LogP) is 2.02. The lowest BCUT2D eigenvalue weighted by atomic mass is 9.90. The Kier molecular flexibility index (Phi) is 8.72. The van der Waals surface area contributed by atoms with Crippen LogP contribution in [-0.2, 0) is 9.53 Å². The number of benzene rings is 1. The Morgan fingerprint density at radius 2 is 2.00 bits per heavy atom. The molecule has 1 fully saturated rings. The zero-order valence-corrected chi connectivity index (χ0v) is 17.6. The molecule has 0 aromatic heterocycles. The highest BCUT2D eigenvalue weighted by molar-refractivity contribution is 5.95. The average molecular weight is 408 g/mol. The highest BCUT2D eigenvalue weighted by Crippen LogP contribution is 2.30. The molecule has 162 valence electrons. The van der Waals surface area contributed by atoms with Crippen molar-refractivity contribution in [3.63, 3.8) is 0 Å². The fourth-order valence-electron chi connectivity index (χ4n) is 3.65. The van der Waals surface area contributed by atoms with Gasteiger partial charge in [-0.05, 0) is 45.0 Å². The molecule has 0 bridgehead atoms. The summed E-state index contributed by atoms with van der Waals surface area (Å²) in [7, 11) is 3.18. The second-order valence-corrected chi connectivity index (χ2v) is 7.37. The molecule has 2 unspecified atom stereocenters. The van der Waals surface area contributed by atoms with Crippen LogP contribution in [0, 0.1) is 5.92 Å². The summed E-state index contributed by atoms with van der Waals surface area (Å²) >= 11 is 0. The first-order valence-corrected chi connectivity index (χ1v) is 9.96. The highest BCUT2D eigenvalue weighted by Gasteiger charge is 2.38. The topological polar surface area (TPSA) is 97.3 Å². The number of aliphatic carboxylic acids is 1. The minimum atomic E-state index is -0.869. The first-order chi connectivity index (χ1) is 13.9. The summed E-state index contributed by atoms with van der Waals surface area (Å²) in [6.45, 7) is 5.90. The van der Waals surface area contributed by atoms with E-state index < -0.39 is 17.9 Å². The molecule has 0 spiro atoms. The Hall–Kier alpha value is -2.32. The molecule has 8 heteroatoms. The van der Waals surface area contributed by atoms with Gasteiger partial charge < -0.3 is 29.5 Å². The van der Waals surface area contributed by atoms with Gasteiger partial charge in [0.1, 0.15) is 0 Å². The third-order valence-electron chi connectivity index (χ3n) is 5.08. The van der Waals surface area contributed by atoms with Crippen LogP contribution in [-0.4, -0.2) is 74.5 Å². The average Bonchev–Trinajstić information content (AvgIpc) is 2.71. The monoisotopic (exact) mass is 408 g/mol. The molecule has 1 aliphatic rings. The van der Waals surface area contributed by atoms with Crippen molar-refractivity contribution in [3.8, 4) is 11.5 Å². The van der Waals surface area contributed by atoms with E-state index in [0.717, 1.165) is 0 Å². The quantitative estimate of drug-likeness (QED) is 0.572. The van der Waals surface area contributed by atoms with E-state index in [-0.39, 0.29) is 11.9 Å². The van der Waals surface area contributed by atoms with Crippen LogP contribution in [0.3, 0.4) is 0 Å². The number of carbonyl (C=O) groups excluding carboxylic acids is 1. The summed E-state index contributed by atoms with van der Waals surface area (Å²) in [5.41, 5.74) is 0.441. The Labute approximate surface area is 172 Å². The fraction of sp³-hybridized carbons (Fsp3) is 0.619.